The second kappa shape index (κ2) is 10.7. The minimum absolute atomic E-state index is 0.115. The molecule has 196 valence electrons. The SMILES string of the molecule is Cc1ccccc1-n1nc(C(C)(C)C)c2c1N(CC(=O)NCC(C)C)C(=O)CS[C@@H]2c1cccc(F)c1. The Balaban J connectivity index is 1.99. The highest BCUT2D eigenvalue weighted by Crippen LogP contribution is 2.48. The third-order valence-corrected chi connectivity index (χ3v) is 7.56. The van der Waals surface area contributed by atoms with Crippen LogP contribution in [-0.4, -0.2) is 40.4 Å². The lowest BCUT2D eigenvalue weighted by Crippen LogP contribution is -2.43. The molecule has 0 spiro atoms. The Morgan fingerprint density at radius 3 is 2.57 bits per heavy atom. The van der Waals surface area contributed by atoms with Crippen LogP contribution in [0.2, 0.25) is 0 Å². The van der Waals surface area contributed by atoms with E-state index in [-0.39, 0.29) is 46.5 Å². The first-order chi connectivity index (χ1) is 17.5. The summed E-state index contributed by atoms with van der Waals surface area (Å²) in [5.41, 5.74) is 3.87. The van der Waals surface area contributed by atoms with Crippen LogP contribution in [0.1, 0.15) is 62.3 Å². The van der Waals surface area contributed by atoms with Gasteiger partial charge in [-0.2, -0.15) is 5.10 Å². The Labute approximate surface area is 222 Å². The second-order valence-electron chi connectivity index (χ2n) is 11.0. The zero-order chi connectivity index (χ0) is 26.9. The second-order valence-corrected chi connectivity index (χ2v) is 12.1. The normalized spacial score (nSPS) is 16.1. The molecule has 0 unspecified atom stereocenters. The first-order valence-corrected chi connectivity index (χ1v) is 13.7. The maximum atomic E-state index is 14.4. The highest BCUT2D eigenvalue weighted by Gasteiger charge is 2.40. The summed E-state index contributed by atoms with van der Waals surface area (Å²) in [6.07, 6.45) is 0. The van der Waals surface area contributed by atoms with Crippen molar-refractivity contribution in [3.63, 3.8) is 0 Å². The van der Waals surface area contributed by atoms with Crippen LogP contribution in [0.4, 0.5) is 10.2 Å². The quantitative estimate of drug-likeness (QED) is 0.460. The van der Waals surface area contributed by atoms with E-state index >= 15 is 0 Å². The van der Waals surface area contributed by atoms with Gasteiger partial charge in [0, 0.05) is 17.5 Å². The van der Waals surface area contributed by atoms with Gasteiger partial charge in [-0.15, -0.1) is 11.8 Å². The van der Waals surface area contributed by atoms with Crippen molar-refractivity contribution in [2.75, 3.05) is 23.7 Å². The minimum atomic E-state index is -0.372. The number of hydrogen-bond donors (Lipinski definition) is 1. The summed E-state index contributed by atoms with van der Waals surface area (Å²) in [7, 11) is 0. The summed E-state index contributed by atoms with van der Waals surface area (Å²) >= 11 is 1.45. The van der Waals surface area contributed by atoms with Gasteiger partial charge in [0.05, 0.1) is 22.4 Å². The van der Waals surface area contributed by atoms with E-state index in [1.54, 1.807) is 15.6 Å². The summed E-state index contributed by atoms with van der Waals surface area (Å²) in [5.74, 6) is 0.284. The molecule has 0 saturated carbocycles. The Bertz CT molecular complexity index is 1310. The largest absolute Gasteiger partial charge is 0.354 e. The third-order valence-electron chi connectivity index (χ3n) is 6.30. The highest BCUT2D eigenvalue weighted by atomic mass is 32.2. The topological polar surface area (TPSA) is 67.2 Å². The van der Waals surface area contributed by atoms with E-state index in [1.807, 2.05) is 51.1 Å². The van der Waals surface area contributed by atoms with Gasteiger partial charge in [0.15, 0.2) is 0 Å². The molecule has 0 fully saturated rings. The lowest BCUT2D eigenvalue weighted by molar-refractivity contribution is -0.123. The van der Waals surface area contributed by atoms with Crippen molar-refractivity contribution in [2.24, 2.45) is 5.92 Å². The molecule has 3 aromatic rings. The fraction of sp³-hybridized carbons (Fsp3) is 0.414. The summed E-state index contributed by atoms with van der Waals surface area (Å²) in [5, 5.41) is 7.70. The van der Waals surface area contributed by atoms with Gasteiger partial charge < -0.3 is 5.32 Å². The Kier molecular flexibility index (Phi) is 7.78. The van der Waals surface area contributed by atoms with E-state index < -0.39 is 0 Å². The summed E-state index contributed by atoms with van der Waals surface area (Å²) in [4.78, 5) is 28.2. The van der Waals surface area contributed by atoms with E-state index in [1.165, 1.54) is 23.9 Å². The molecule has 0 bridgehead atoms. The molecule has 0 saturated heterocycles. The van der Waals surface area contributed by atoms with Crippen LogP contribution in [0.3, 0.4) is 0 Å². The molecule has 8 heteroatoms. The average Bonchev–Trinajstić information content (AvgIpc) is 3.16. The standard InChI is InChI=1S/C29H35FN4O2S/c1-18(2)15-31-23(35)16-33-24(36)17-37-26(20-11-9-12-21(30)14-20)25-27(29(4,5)6)32-34(28(25)33)22-13-8-7-10-19(22)3/h7-14,18,26H,15-17H2,1-6H3,(H,31,35)/t26-/m1/s1. The van der Waals surface area contributed by atoms with Crippen molar-refractivity contribution < 1.29 is 14.0 Å². The van der Waals surface area contributed by atoms with Gasteiger partial charge in [0.25, 0.3) is 0 Å². The van der Waals surface area contributed by atoms with E-state index in [9.17, 15) is 14.0 Å². The molecule has 37 heavy (non-hydrogen) atoms. The summed E-state index contributed by atoms with van der Waals surface area (Å²) in [6, 6.07) is 14.4. The Hall–Kier alpha value is -3.13. The fourth-order valence-corrected chi connectivity index (χ4v) is 5.68. The number of thioether (sulfide) groups is 1. The van der Waals surface area contributed by atoms with Crippen molar-refractivity contribution in [1.29, 1.82) is 0 Å². The number of fused-ring (bicyclic) bond motifs is 1. The van der Waals surface area contributed by atoms with E-state index in [0.717, 1.165) is 28.1 Å². The highest BCUT2D eigenvalue weighted by molar-refractivity contribution is 8.00. The van der Waals surface area contributed by atoms with Crippen molar-refractivity contribution in [3.8, 4) is 5.69 Å². The van der Waals surface area contributed by atoms with Crippen molar-refractivity contribution in [3.05, 3.63) is 76.7 Å². The number of halogens is 1. The maximum absolute atomic E-state index is 14.4. The van der Waals surface area contributed by atoms with E-state index in [2.05, 4.69) is 26.1 Å². The maximum Gasteiger partial charge on any atom is 0.240 e. The van der Waals surface area contributed by atoms with Crippen LogP contribution in [0.15, 0.2) is 48.5 Å². The zero-order valence-electron chi connectivity index (χ0n) is 22.3. The van der Waals surface area contributed by atoms with Gasteiger partial charge in [0.1, 0.15) is 18.2 Å². The van der Waals surface area contributed by atoms with Gasteiger partial charge in [0.2, 0.25) is 11.8 Å². The number of rotatable bonds is 6. The molecule has 1 atom stereocenters. The van der Waals surface area contributed by atoms with Crippen LogP contribution in [0, 0.1) is 18.7 Å². The van der Waals surface area contributed by atoms with Gasteiger partial charge >= 0.3 is 0 Å². The number of carbonyl (C=O) groups excluding carboxylic acids is 2. The number of nitrogens with zero attached hydrogens (tertiary/aromatic N) is 3. The molecule has 1 aromatic heterocycles. The van der Waals surface area contributed by atoms with Gasteiger partial charge in [-0.25, -0.2) is 9.07 Å². The number of benzene rings is 2. The van der Waals surface area contributed by atoms with Crippen LogP contribution in [0.25, 0.3) is 5.69 Å². The van der Waals surface area contributed by atoms with Gasteiger partial charge in [-0.3, -0.25) is 14.5 Å². The molecule has 1 aliphatic heterocycles. The Morgan fingerprint density at radius 2 is 1.92 bits per heavy atom. The molecular weight excluding hydrogens is 487 g/mol. The number of carbonyl (C=O) groups is 2. The van der Waals surface area contributed by atoms with Crippen LogP contribution >= 0.6 is 11.8 Å². The van der Waals surface area contributed by atoms with Crippen molar-refractivity contribution in [2.45, 2.75) is 52.2 Å². The number of para-hydroxylation sites is 1. The fourth-order valence-electron chi connectivity index (χ4n) is 4.49. The number of hydrogen-bond acceptors (Lipinski definition) is 4. The van der Waals surface area contributed by atoms with E-state index in [4.69, 9.17) is 5.10 Å². The number of aryl methyl sites for hydroxylation is 1. The smallest absolute Gasteiger partial charge is 0.240 e. The predicted octanol–water partition coefficient (Wildman–Crippen LogP) is 5.56. The lowest BCUT2D eigenvalue weighted by atomic mass is 9.87. The lowest BCUT2D eigenvalue weighted by Gasteiger charge is -2.25. The van der Waals surface area contributed by atoms with Gasteiger partial charge in [-0.05, 0) is 42.2 Å². The molecule has 2 aromatic carbocycles. The molecule has 1 N–H and O–H groups in total. The number of amides is 2. The molecular formula is C29H35FN4O2S. The summed E-state index contributed by atoms with van der Waals surface area (Å²) in [6.45, 7) is 12.7. The monoisotopic (exact) mass is 522 g/mol. The molecule has 4 rings (SSSR count). The molecule has 6 nitrogen and oxygen atoms in total. The van der Waals surface area contributed by atoms with Crippen LogP contribution in [0.5, 0.6) is 0 Å². The first kappa shape index (κ1) is 26.9. The van der Waals surface area contributed by atoms with Gasteiger partial charge in [-0.1, -0.05) is 65.0 Å². The number of nitrogens with one attached hydrogen (secondary N) is 1. The van der Waals surface area contributed by atoms with Crippen LogP contribution < -0.4 is 10.2 Å². The third kappa shape index (κ3) is 5.74. The molecule has 1 aliphatic rings. The molecule has 0 aliphatic carbocycles. The number of anilines is 1. The zero-order valence-corrected chi connectivity index (χ0v) is 23.2. The van der Waals surface area contributed by atoms with Crippen LogP contribution in [-0.2, 0) is 15.0 Å². The summed E-state index contributed by atoms with van der Waals surface area (Å²) < 4.78 is 16.2. The van der Waals surface area contributed by atoms with Crippen molar-refractivity contribution in [1.82, 2.24) is 15.1 Å². The average molecular weight is 523 g/mol. The predicted molar refractivity (Wildman–Crippen MR) is 148 cm³/mol. The first-order valence-electron chi connectivity index (χ1n) is 12.6. The van der Waals surface area contributed by atoms with E-state index in [0.29, 0.717) is 12.4 Å². The molecule has 2 heterocycles. The minimum Gasteiger partial charge on any atom is -0.354 e. The molecule has 2 amide bonds. The Morgan fingerprint density at radius 1 is 1.19 bits per heavy atom. The molecule has 0 radical (unpaired) electrons. The van der Waals surface area contributed by atoms with Crippen molar-refractivity contribution >= 4 is 29.4 Å². The number of aromatic nitrogens is 2.